The van der Waals surface area contributed by atoms with Gasteiger partial charge in [-0.15, -0.1) is 0 Å². The molecule has 0 bridgehead atoms. The Morgan fingerprint density at radius 1 is 1.21 bits per heavy atom. The number of nitrogens with zero attached hydrogens (tertiary/aromatic N) is 3. The summed E-state index contributed by atoms with van der Waals surface area (Å²) in [7, 11) is 4.10. The van der Waals surface area contributed by atoms with Gasteiger partial charge in [0.05, 0.1) is 18.6 Å². The van der Waals surface area contributed by atoms with Crippen LogP contribution in [0.1, 0.15) is 32.1 Å². The van der Waals surface area contributed by atoms with Crippen LogP contribution in [0, 0.1) is 0 Å². The minimum atomic E-state index is 0.506. The molecule has 0 spiro atoms. The van der Waals surface area contributed by atoms with Crippen molar-refractivity contribution >= 4 is 6.01 Å². The fraction of sp³-hybridized carbons (Fsp3) is 0.909. The highest BCUT2D eigenvalue weighted by molar-refractivity contribution is 5.41. The molecule has 0 saturated heterocycles. The Labute approximate surface area is 86.9 Å². The van der Waals surface area contributed by atoms with Crippen molar-refractivity contribution in [1.29, 1.82) is 0 Å². The largest absolute Gasteiger partial charge is 0.308 e. The molecule has 0 unspecified atom stereocenters. The van der Waals surface area contributed by atoms with Crippen LogP contribution >= 0.6 is 0 Å². The van der Waals surface area contributed by atoms with Gasteiger partial charge in [0, 0.05) is 6.54 Å². The van der Waals surface area contributed by atoms with Crippen molar-refractivity contribution < 1.29 is 0 Å². The molecule has 3 heteroatoms. The van der Waals surface area contributed by atoms with Gasteiger partial charge < -0.3 is 4.90 Å². The molecule has 0 aromatic carbocycles. The van der Waals surface area contributed by atoms with Gasteiger partial charge in [-0.2, -0.15) is 0 Å². The van der Waals surface area contributed by atoms with E-state index in [4.69, 9.17) is 0 Å². The average Bonchev–Trinajstić information content (AvgIpc) is 2.18. The van der Waals surface area contributed by atoms with Gasteiger partial charge >= 0.3 is 0 Å². The molecule has 0 N–H and O–H groups in total. The summed E-state index contributed by atoms with van der Waals surface area (Å²) in [4.78, 5) is 10.6. The molecule has 0 atom stereocenters. The van der Waals surface area contributed by atoms with Crippen molar-refractivity contribution in [1.82, 2.24) is 4.90 Å². The van der Waals surface area contributed by atoms with Crippen LogP contribution in [0.25, 0.3) is 0 Å². The molecule has 0 amide bonds. The third kappa shape index (κ3) is 5.15. The van der Waals surface area contributed by atoms with E-state index in [2.05, 4.69) is 20.9 Å². The van der Waals surface area contributed by atoms with E-state index >= 15 is 0 Å². The fourth-order valence-corrected chi connectivity index (χ4v) is 1.63. The predicted molar refractivity (Wildman–Crippen MR) is 60.2 cm³/mol. The molecule has 0 aliphatic heterocycles. The molecular formula is C11H21N3. The van der Waals surface area contributed by atoms with Crippen LogP contribution in [-0.4, -0.2) is 44.1 Å². The molecule has 0 radical (unpaired) electrons. The van der Waals surface area contributed by atoms with Crippen LogP contribution in [0.15, 0.2) is 9.98 Å². The van der Waals surface area contributed by atoms with Crippen LogP contribution in [0.4, 0.5) is 0 Å². The van der Waals surface area contributed by atoms with E-state index < -0.39 is 0 Å². The molecule has 1 saturated carbocycles. The normalized spacial score (nSPS) is 17.9. The smallest absolute Gasteiger partial charge is 0.0895 e. The quantitative estimate of drug-likeness (QED) is 0.631. The topological polar surface area (TPSA) is 28.0 Å². The summed E-state index contributed by atoms with van der Waals surface area (Å²) in [6, 6.07) is 3.34. The Balaban J connectivity index is 2.17. The number of hydrogen-bond acceptors (Lipinski definition) is 3. The molecule has 1 aliphatic rings. The molecule has 0 aromatic rings. The molecule has 80 valence electrons. The SMILES string of the molecule is CN(C)CCN=C=NC1CCCCC1. The summed E-state index contributed by atoms with van der Waals surface area (Å²) in [6.07, 6.45) is 6.50. The summed E-state index contributed by atoms with van der Waals surface area (Å²) in [5, 5.41) is 0. The average molecular weight is 195 g/mol. The lowest BCUT2D eigenvalue weighted by Crippen LogP contribution is -2.15. The van der Waals surface area contributed by atoms with Crippen LogP contribution in [0.3, 0.4) is 0 Å². The van der Waals surface area contributed by atoms with Crippen molar-refractivity contribution in [2.45, 2.75) is 38.1 Å². The first-order chi connectivity index (χ1) is 6.79. The summed E-state index contributed by atoms with van der Waals surface area (Å²) >= 11 is 0. The van der Waals surface area contributed by atoms with Crippen LogP contribution in [-0.2, 0) is 0 Å². The summed E-state index contributed by atoms with van der Waals surface area (Å²) in [6.45, 7) is 1.79. The number of likely N-dealkylation sites (N-methyl/N-ethyl adjacent to an activating group) is 1. The molecule has 0 heterocycles. The maximum absolute atomic E-state index is 4.34. The zero-order chi connectivity index (χ0) is 10.2. The van der Waals surface area contributed by atoms with Crippen molar-refractivity contribution in [3.63, 3.8) is 0 Å². The van der Waals surface area contributed by atoms with E-state index in [9.17, 15) is 0 Å². The highest BCUT2D eigenvalue weighted by Gasteiger charge is 2.10. The van der Waals surface area contributed by atoms with Gasteiger partial charge in [0.1, 0.15) is 0 Å². The van der Waals surface area contributed by atoms with E-state index in [0.29, 0.717) is 6.04 Å². The first kappa shape index (κ1) is 11.4. The van der Waals surface area contributed by atoms with Gasteiger partial charge in [-0.1, -0.05) is 19.3 Å². The minimum absolute atomic E-state index is 0.506. The van der Waals surface area contributed by atoms with Gasteiger partial charge in [-0.05, 0) is 26.9 Å². The van der Waals surface area contributed by atoms with Crippen LogP contribution < -0.4 is 0 Å². The second-order valence-corrected chi connectivity index (χ2v) is 4.21. The van der Waals surface area contributed by atoms with Crippen molar-refractivity contribution in [3.05, 3.63) is 0 Å². The van der Waals surface area contributed by atoms with E-state index in [-0.39, 0.29) is 0 Å². The minimum Gasteiger partial charge on any atom is -0.308 e. The Kier molecular flexibility index (Phi) is 5.50. The molecule has 1 rings (SSSR count). The number of rotatable bonds is 4. The molecule has 0 aromatic heterocycles. The molecule has 1 aliphatic carbocycles. The Bertz CT molecular complexity index is 199. The predicted octanol–water partition coefficient (Wildman–Crippen LogP) is 2.05. The zero-order valence-electron chi connectivity index (χ0n) is 9.37. The third-order valence-corrected chi connectivity index (χ3v) is 2.54. The monoisotopic (exact) mass is 195 g/mol. The first-order valence-corrected chi connectivity index (χ1v) is 5.55. The molecule has 14 heavy (non-hydrogen) atoms. The lowest BCUT2D eigenvalue weighted by Gasteiger charge is -2.15. The van der Waals surface area contributed by atoms with Gasteiger partial charge in [0.2, 0.25) is 0 Å². The Hall–Kier alpha value is -0.660. The molecule has 1 fully saturated rings. The van der Waals surface area contributed by atoms with E-state index in [1.54, 1.807) is 0 Å². The van der Waals surface area contributed by atoms with Crippen molar-refractivity contribution in [2.75, 3.05) is 27.2 Å². The van der Waals surface area contributed by atoms with Gasteiger partial charge in [-0.25, -0.2) is 9.98 Å². The van der Waals surface area contributed by atoms with Gasteiger partial charge in [0.25, 0.3) is 0 Å². The maximum Gasteiger partial charge on any atom is 0.0895 e. The second-order valence-electron chi connectivity index (χ2n) is 4.21. The maximum atomic E-state index is 4.34. The Morgan fingerprint density at radius 3 is 2.57 bits per heavy atom. The highest BCUT2D eigenvalue weighted by atomic mass is 15.1. The summed E-state index contributed by atoms with van der Waals surface area (Å²) in [5.41, 5.74) is 0. The van der Waals surface area contributed by atoms with Gasteiger partial charge in [0.15, 0.2) is 0 Å². The third-order valence-electron chi connectivity index (χ3n) is 2.54. The zero-order valence-corrected chi connectivity index (χ0v) is 9.37. The molecular weight excluding hydrogens is 174 g/mol. The van der Waals surface area contributed by atoms with Crippen molar-refractivity contribution in [3.8, 4) is 0 Å². The lowest BCUT2D eigenvalue weighted by molar-refractivity contribution is 0.420. The van der Waals surface area contributed by atoms with E-state index in [1.807, 2.05) is 14.1 Å². The van der Waals surface area contributed by atoms with E-state index in [0.717, 1.165) is 13.1 Å². The fourth-order valence-electron chi connectivity index (χ4n) is 1.63. The van der Waals surface area contributed by atoms with Crippen molar-refractivity contribution in [2.24, 2.45) is 9.98 Å². The highest BCUT2D eigenvalue weighted by Crippen LogP contribution is 2.19. The molecule has 3 nitrogen and oxygen atoms in total. The standard InChI is InChI=1S/C11H21N3/c1-14(2)9-8-12-10-13-11-6-4-3-5-7-11/h11H,3-9H2,1-2H3. The second kappa shape index (κ2) is 6.74. The number of aliphatic imine (C=N–C) groups is 2. The van der Waals surface area contributed by atoms with Gasteiger partial charge in [-0.3, -0.25) is 0 Å². The lowest BCUT2D eigenvalue weighted by atomic mass is 9.96. The Morgan fingerprint density at radius 2 is 1.93 bits per heavy atom. The summed E-state index contributed by atoms with van der Waals surface area (Å²) in [5.74, 6) is 0. The van der Waals surface area contributed by atoms with Crippen LogP contribution in [0.5, 0.6) is 0 Å². The number of hydrogen-bond donors (Lipinski definition) is 0. The first-order valence-electron chi connectivity index (χ1n) is 5.55. The van der Waals surface area contributed by atoms with Crippen LogP contribution in [0.2, 0.25) is 0 Å². The van der Waals surface area contributed by atoms with E-state index in [1.165, 1.54) is 32.1 Å². The summed E-state index contributed by atoms with van der Waals surface area (Å²) < 4.78 is 0.